The predicted molar refractivity (Wildman–Crippen MR) is 73.8 cm³/mol. The van der Waals surface area contributed by atoms with E-state index in [2.05, 4.69) is 27.3 Å². The quantitative estimate of drug-likeness (QED) is 0.860. The minimum absolute atomic E-state index is 0.418. The molecule has 2 rings (SSSR count). The van der Waals surface area contributed by atoms with Crippen LogP contribution in [0.2, 0.25) is 0 Å². The summed E-state index contributed by atoms with van der Waals surface area (Å²) in [5.41, 5.74) is 1.84. The SMILES string of the molecule is CCOCc1nc(NC)cc(-c2cnn(CC)c2)n1. The van der Waals surface area contributed by atoms with Crippen molar-refractivity contribution in [3.8, 4) is 11.3 Å². The van der Waals surface area contributed by atoms with E-state index in [1.54, 1.807) is 0 Å². The van der Waals surface area contributed by atoms with Crippen LogP contribution in [0.4, 0.5) is 5.82 Å². The van der Waals surface area contributed by atoms with Gasteiger partial charge < -0.3 is 10.1 Å². The van der Waals surface area contributed by atoms with E-state index in [1.165, 1.54) is 0 Å². The van der Waals surface area contributed by atoms with E-state index in [4.69, 9.17) is 4.74 Å². The molecule has 6 heteroatoms. The van der Waals surface area contributed by atoms with Gasteiger partial charge in [-0.1, -0.05) is 0 Å². The van der Waals surface area contributed by atoms with Crippen LogP contribution in [0, 0.1) is 0 Å². The molecule has 0 fully saturated rings. The maximum absolute atomic E-state index is 5.36. The maximum Gasteiger partial charge on any atom is 0.157 e. The van der Waals surface area contributed by atoms with Gasteiger partial charge in [0.25, 0.3) is 0 Å². The largest absolute Gasteiger partial charge is 0.374 e. The van der Waals surface area contributed by atoms with Crippen LogP contribution in [0.15, 0.2) is 18.5 Å². The number of nitrogens with one attached hydrogen (secondary N) is 1. The monoisotopic (exact) mass is 261 g/mol. The van der Waals surface area contributed by atoms with Crippen LogP contribution in [0.5, 0.6) is 0 Å². The Kier molecular flexibility index (Phi) is 4.46. The summed E-state index contributed by atoms with van der Waals surface area (Å²) in [6.45, 7) is 5.91. The highest BCUT2D eigenvalue weighted by Gasteiger charge is 2.08. The second-order valence-corrected chi connectivity index (χ2v) is 4.03. The predicted octanol–water partition coefficient (Wildman–Crippen LogP) is 1.94. The van der Waals surface area contributed by atoms with Crippen molar-refractivity contribution in [2.45, 2.75) is 27.0 Å². The number of hydrogen-bond acceptors (Lipinski definition) is 5. The van der Waals surface area contributed by atoms with Crippen molar-refractivity contribution in [3.05, 3.63) is 24.3 Å². The van der Waals surface area contributed by atoms with Crippen LogP contribution >= 0.6 is 0 Å². The summed E-state index contributed by atoms with van der Waals surface area (Å²) >= 11 is 0. The normalized spacial score (nSPS) is 10.7. The van der Waals surface area contributed by atoms with Crippen LogP contribution in [0.25, 0.3) is 11.3 Å². The van der Waals surface area contributed by atoms with Crippen molar-refractivity contribution in [3.63, 3.8) is 0 Å². The lowest BCUT2D eigenvalue weighted by Gasteiger charge is -2.06. The second kappa shape index (κ2) is 6.29. The van der Waals surface area contributed by atoms with Crippen molar-refractivity contribution in [2.24, 2.45) is 0 Å². The zero-order valence-corrected chi connectivity index (χ0v) is 11.6. The molecular formula is C13H19N5O. The molecule has 0 atom stereocenters. The van der Waals surface area contributed by atoms with Gasteiger partial charge >= 0.3 is 0 Å². The molecule has 0 saturated heterocycles. The molecule has 0 aliphatic heterocycles. The van der Waals surface area contributed by atoms with Crippen LogP contribution in [-0.2, 0) is 17.9 Å². The third-order valence-electron chi connectivity index (χ3n) is 2.72. The van der Waals surface area contributed by atoms with Crippen LogP contribution < -0.4 is 5.32 Å². The maximum atomic E-state index is 5.36. The van der Waals surface area contributed by atoms with Gasteiger partial charge in [-0.05, 0) is 13.8 Å². The molecular weight excluding hydrogens is 242 g/mol. The number of aryl methyl sites for hydroxylation is 1. The standard InChI is InChI=1S/C13H19N5O/c1-4-18-8-10(7-15-18)11-6-12(14-3)17-13(16-11)9-19-5-2/h6-8H,4-5,9H2,1-3H3,(H,14,16,17). The molecule has 19 heavy (non-hydrogen) atoms. The molecule has 0 aliphatic carbocycles. The molecule has 0 amide bonds. The van der Waals surface area contributed by atoms with Gasteiger partial charge in [-0.3, -0.25) is 4.68 Å². The molecule has 2 aromatic rings. The summed E-state index contributed by atoms with van der Waals surface area (Å²) in [7, 11) is 1.84. The number of anilines is 1. The van der Waals surface area contributed by atoms with Gasteiger partial charge in [-0.2, -0.15) is 5.10 Å². The highest BCUT2D eigenvalue weighted by molar-refractivity contribution is 5.60. The Morgan fingerprint density at radius 3 is 2.79 bits per heavy atom. The Hall–Kier alpha value is -1.95. The molecule has 0 radical (unpaired) electrons. The first-order valence-electron chi connectivity index (χ1n) is 6.43. The van der Waals surface area contributed by atoms with Gasteiger partial charge in [-0.15, -0.1) is 0 Å². The Morgan fingerprint density at radius 1 is 1.32 bits per heavy atom. The Balaban J connectivity index is 2.32. The molecule has 0 aliphatic rings. The van der Waals surface area contributed by atoms with Gasteiger partial charge in [0.2, 0.25) is 0 Å². The third kappa shape index (κ3) is 3.29. The summed E-state index contributed by atoms with van der Waals surface area (Å²) < 4.78 is 7.24. The second-order valence-electron chi connectivity index (χ2n) is 4.03. The van der Waals surface area contributed by atoms with E-state index in [-0.39, 0.29) is 0 Å². The van der Waals surface area contributed by atoms with Gasteiger partial charge in [0.05, 0.1) is 11.9 Å². The minimum atomic E-state index is 0.418. The summed E-state index contributed by atoms with van der Waals surface area (Å²) in [5.74, 6) is 1.46. The van der Waals surface area contributed by atoms with E-state index in [9.17, 15) is 0 Å². The first-order valence-corrected chi connectivity index (χ1v) is 6.43. The van der Waals surface area contributed by atoms with E-state index in [0.29, 0.717) is 19.0 Å². The fraction of sp³-hybridized carbons (Fsp3) is 0.462. The molecule has 0 unspecified atom stereocenters. The average molecular weight is 261 g/mol. The van der Waals surface area contributed by atoms with Gasteiger partial charge in [0.15, 0.2) is 5.82 Å². The van der Waals surface area contributed by atoms with E-state index >= 15 is 0 Å². The van der Waals surface area contributed by atoms with Crippen LogP contribution in [0.1, 0.15) is 19.7 Å². The highest BCUT2D eigenvalue weighted by Crippen LogP contribution is 2.19. The number of aromatic nitrogens is 4. The fourth-order valence-electron chi connectivity index (χ4n) is 1.70. The fourth-order valence-corrected chi connectivity index (χ4v) is 1.70. The summed E-state index contributed by atoms with van der Waals surface area (Å²) in [4.78, 5) is 8.87. The molecule has 0 spiro atoms. The number of rotatable bonds is 6. The molecule has 1 N–H and O–H groups in total. The average Bonchev–Trinajstić information content (AvgIpc) is 2.93. The lowest BCUT2D eigenvalue weighted by Crippen LogP contribution is -2.03. The zero-order chi connectivity index (χ0) is 13.7. The summed E-state index contributed by atoms with van der Waals surface area (Å²) in [6, 6.07) is 1.91. The lowest BCUT2D eigenvalue weighted by atomic mass is 10.2. The molecule has 2 heterocycles. The van der Waals surface area contributed by atoms with Crippen molar-refractivity contribution >= 4 is 5.82 Å². The molecule has 0 aromatic carbocycles. The van der Waals surface area contributed by atoms with Crippen molar-refractivity contribution in [2.75, 3.05) is 19.0 Å². The summed E-state index contributed by atoms with van der Waals surface area (Å²) in [6.07, 6.45) is 3.79. The first-order chi connectivity index (χ1) is 9.26. The molecule has 6 nitrogen and oxygen atoms in total. The lowest BCUT2D eigenvalue weighted by molar-refractivity contribution is 0.128. The molecule has 102 valence electrons. The van der Waals surface area contributed by atoms with Crippen LogP contribution in [-0.4, -0.2) is 33.4 Å². The number of nitrogens with zero attached hydrogens (tertiary/aromatic N) is 4. The molecule has 0 bridgehead atoms. The number of ether oxygens (including phenoxy) is 1. The Bertz CT molecular complexity index is 538. The number of hydrogen-bond donors (Lipinski definition) is 1. The Labute approximate surface area is 112 Å². The minimum Gasteiger partial charge on any atom is -0.374 e. The molecule has 0 saturated carbocycles. The van der Waals surface area contributed by atoms with Crippen LogP contribution in [0.3, 0.4) is 0 Å². The van der Waals surface area contributed by atoms with Gasteiger partial charge in [0, 0.05) is 38.0 Å². The van der Waals surface area contributed by atoms with Crippen molar-refractivity contribution in [1.82, 2.24) is 19.7 Å². The Morgan fingerprint density at radius 2 is 2.16 bits per heavy atom. The van der Waals surface area contributed by atoms with E-state index in [0.717, 1.165) is 23.6 Å². The third-order valence-corrected chi connectivity index (χ3v) is 2.72. The van der Waals surface area contributed by atoms with E-state index in [1.807, 2.05) is 37.1 Å². The highest BCUT2D eigenvalue weighted by atomic mass is 16.5. The topological polar surface area (TPSA) is 64.9 Å². The summed E-state index contributed by atoms with van der Waals surface area (Å²) in [5, 5.41) is 7.30. The van der Waals surface area contributed by atoms with Crippen molar-refractivity contribution < 1.29 is 4.74 Å². The van der Waals surface area contributed by atoms with E-state index < -0.39 is 0 Å². The smallest absolute Gasteiger partial charge is 0.157 e. The van der Waals surface area contributed by atoms with Gasteiger partial charge in [0.1, 0.15) is 12.4 Å². The zero-order valence-electron chi connectivity index (χ0n) is 11.6. The first kappa shape index (κ1) is 13.5. The van der Waals surface area contributed by atoms with Gasteiger partial charge in [-0.25, -0.2) is 9.97 Å². The molecule has 2 aromatic heterocycles. The van der Waals surface area contributed by atoms with Crippen molar-refractivity contribution in [1.29, 1.82) is 0 Å².